The van der Waals surface area contributed by atoms with E-state index in [1.165, 1.54) is 16.7 Å². The van der Waals surface area contributed by atoms with E-state index in [0.29, 0.717) is 5.69 Å². The van der Waals surface area contributed by atoms with Crippen LogP contribution in [0.4, 0.5) is 5.69 Å². The van der Waals surface area contributed by atoms with Crippen molar-refractivity contribution in [2.24, 2.45) is 0 Å². The normalized spacial score (nSPS) is 16.0. The molecule has 4 nitrogen and oxygen atoms in total. The van der Waals surface area contributed by atoms with Crippen LogP contribution in [0.1, 0.15) is 39.4 Å². The topological polar surface area (TPSA) is 58.2 Å². The van der Waals surface area contributed by atoms with Gasteiger partial charge in [-0.05, 0) is 98.3 Å². The summed E-state index contributed by atoms with van der Waals surface area (Å²) < 4.78 is 30.9. The number of aryl methyl sites for hydroxylation is 2. The van der Waals surface area contributed by atoms with Crippen molar-refractivity contribution in [3.63, 3.8) is 0 Å². The lowest BCUT2D eigenvalue weighted by Crippen LogP contribution is -2.31. The molecule has 0 aromatic heterocycles. The fraction of sp³-hybridized carbons (Fsp3) is 0.280. The standard InChI is InChI=1S/C25H26Br2N2O2S/c1-15-4-6-20(7-5-15)32(30,31)29-24-14-21-19(10-16(24)2)8-9-28-25(21)13-18-11-22(26)17(3)23(27)12-18/h4-7,10-12,14,25,28-29H,8-9,13H2,1-3H3. The van der Waals surface area contributed by atoms with Crippen LogP contribution < -0.4 is 10.0 Å². The van der Waals surface area contributed by atoms with Gasteiger partial charge in [0.15, 0.2) is 0 Å². The number of sulfonamides is 1. The zero-order valence-electron chi connectivity index (χ0n) is 18.3. The number of nitrogens with one attached hydrogen (secondary N) is 2. The average molecular weight is 578 g/mol. The third-order valence-electron chi connectivity index (χ3n) is 6.00. The molecule has 0 fully saturated rings. The second kappa shape index (κ2) is 9.29. The van der Waals surface area contributed by atoms with Crippen molar-refractivity contribution in [2.75, 3.05) is 11.3 Å². The molecule has 0 aliphatic carbocycles. The Labute approximate surface area is 207 Å². The zero-order valence-corrected chi connectivity index (χ0v) is 22.3. The van der Waals surface area contributed by atoms with Crippen LogP contribution in [0.5, 0.6) is 0 Å². The Kier molecular flexibility index (Phi) is 6.82. The summed E-state index contributed by atoms with van der Waals surface area (Å²) in [5, 5.41) is 3.62. The smallest absolute Gasteiger partial charge is 0.261 e. The molecular formula is C25H26Br2N2O2S. The Bertz CT molecular complexity index is 1250. The minimum Gasteiger partial charge on any atom is -0.309 e. The summed E-state index contributed by atoms with van der Waals surface area (Å²) >= 11 is 7.29. The Morgan fingerprint density at radius 2 is 1.66 bits per heavy atom. The van der Waals surface area contributed by atoms with E-state index in [4.69, 9.17) is 0 Å². The second-order valence-corrected chi connectivity index (χ2v) is 11.8. The Balaban J connectivity index is 1.66. The van der Waals surface area contributed by atoms with E-state index in [2.05, 4.69) is 67.0 Å². The van der Waals surface area contributed by atoms with Gasteiger partial charge in [-0.1, -0.05) is 55.6 Å². The van der Waals surface area contributed by atoms with Crippen molar-refractivity contribution >= 4 is 47.6 Å². The molecule has 0 amide bonds. The number of hydrogen-bond acceptors (Lipinski definition) is 3. The zero-order chi connectivity index (χ0) is 23.0. The van der Waals surface area contributed by atoms with Gasteiger partial charge < -0.3 is 5.32 Å². The van der Waals surface area contributed by atoms with Crippen molar-refractivity contribution in [1.82, 2.24) is 5.32 Å². The molecule has 168 valence electrons. The van der Waals surface area contributed by atoms with Crippen LogP contribution in [-0.4, -0.2) is 15.0 Å². The molecule has 1 unspecified atom stereocenters. The summed E-state index contributed by atoms with van der Waals surface area (Å²) in [7, 11) is -3.65. The van der Waals surface area contributed by atoms with Gasteiger partial charge in [-0.3, -0.25) is 4.72 Å². The maximum absolute atomic E-state index is 13.0. The minimum absolute atomic E-state index is 0.114. The van der Waals surface area contributed by atoms with Crippen LogP contribution in [0.25, 0.3) is 0 Å². The highest BCUT2D eigenvalue weighted by atomic mass is 79.9. The molecule has 7 heteroatoms. The van der Waals surface area contributed by atoms with Crippen molar-refractivity contribution in [1.29, 1.82) is 0 Å². The first-order valence-corrected chi connectivity index (χ1v) is 13.6. The first kappa shape index (κ1) is 23.5. The highest BCUT2D eigenvalue weighted by Crippen LogP contribution is 2.34. The molecule has 3 aromatic carbocycles. The van der Waals surface area contributed by atoms with Crippen LogP contribution >= 0.6 is 31.9 Å². The maximum atomic E-state index is 13.0. The molecule has 0 bridgehead atoms. The van der Waals surface area contributed by atoms with Crippen molar-refractivity contribution in [3.8, 4) is 0 Å². The summed E-state index contributed by atoms with van der Waals surface area (Å²) in [6.07, 6.45) is 1.75. The van der Waals surface area contributed by atoms with Crippen LogP contribution in [0.2, 0.25) is 0 Å². The molecule has 3 aromatic rings. The predicted octanol–water partition coefficient (Wildman–Crippen LogP) is 6.37. The van der Waals surface area contributed by atoms with Crippen molar-refractivity contribution < 1.29 is 8.42 Å². The van der Waals surface area contributed by atoms with Gasteiger partial charge in [-0.2, -0.15) is 0 Å². The Morgan fingerprint density at radius 3 is 2.31 bits per heavy atom. The third kappa shape index (κ3) is 4.96. The van der Waals surface area contributed by atoms with E-state index in [1.807, 2.05) is 32.0 Å². The quantitative estimate of drug-likeness (QED) is 0.370. The lowest BCUT2D eigenvalue weighted by molar-refractivity contribution is 0.502. The third-order valence-corrected chi connectivity index (χ3v) is 9.03. The fourth-order valence-corrected chi connectivity index (χ4v) is 6.48. The number of halogens is 2. The number of fused-ring (bicyclic) bond motifs is 1. The van der Waals surface area contributed by atoms with Gasteiger partial charge in [0.05, 0.1) is 10.6 Å². The number of benzene rings is 3. The highest BCUT2D eigenvalue weighted by molar-refractivity contribution is 9.11. The number of anilines is 1. The van der Waals surface area contributed by atoms with E-state index in [9.17, 15) is 8.42 Å². The largest absolute Gasteiger partial charge is 0.309 e. The molecule has 0 saturated carbocycles. The molecule has 2 N–H and O–H groups in total. The minimum atomic E-state index is -3.65. The first-order valence-electron chi connectivity index (χ1n) is 10.5. The average Bonchev–Trinajstić information content (AvgIpc) is 2.73. The molecule has 1 heterocycles. The van der Waals surface area contributed by atoms with Crippen molar-refractivity contribution in [3.05, 3.63) is 90.9 Å². The van der Waals surface area contributed by atoms with E-state index < -0.39 is 10.0 Å². The monoisotopic (exact) mass is 576 g/mol. The number of hydrogen-bond donors (Lipinski definition) is 2. The van der Waals surface area contributed by atoms with Gasteiger partial charge >= 0.3 is 0 Å². The predicted molar refractivity (Wildman–Crippen MR) is 138 cm³/mol. The van der Waals surface area contributed by atoms with Gasteiger partial charge in [0.2, 0.25) is 0 Å². The van der Waals surface area contributed by atoms with E-state index >= 15 is 0 Å². The summed E-state index contributed by atoms with van der Waals surface area (Å²) in [5.41, 5.74) is 7.39. The van der Waals surface area contributed by atoms with Crippen LogP contribution in [0.3, 0.4) is 0 Å². The summed E-state index contributed by atoms with van der Waals surface area (Å²) in [4.78, 5) is 0.268. The summed E-state index contributed by atoms with van der Waals surface area (Å²) in [5.74, 6) is 0. The molecule has 1 aliphatic rings. The molecule has 4 rings (SSSR count). The summed E-state index contributed by atoms with van der Waals surface area (Å²) in [6, 6.07) is 15.5. The molecule has 0 spiro atoms. The maximum Gasteiger partial charge on any atom is 0.261 e. The van der Waals surface area contributed by atoms with Gasteiger partial charge in [-0.15, -0.1) is 0 Å². The Hall–Kier alpha value is -1.67. The molecule has 0 saturated heterocycles. The lowest BCUT2D eigenvalue weighted by atomic mass is 9.88. The SMILES string of the molecule is Cc1ccc(S(=O)(=O)Nc2cc3c(cc2C)CCNC3Cc2cc(Br)c(C)c(Br)c2)cc1. The van der Waals surface area contributed by atoms with E-state index in [0.717, 1.165) is 45.0 Å². The first-order chi connectivity index (χ1) is 15.1. The van der Waals surface area contributed by atoms with Gasteiger partial charge in [0.25, 0.3) is 10.0 Å². The molecule has 1 atom stereocenters. The van der Waals surface area contributed by atoms with Crippen LogP contribution in [-0.2, 0) is 22.9 Å². The Morgan fingerprint density at radius 1 is 1.00 bits per heavy atom. The van der Waals surface area contributed by atoms with Gasteiger partial charge in [-0.25, -0.2) is 8.42 Å². The molecule has 1 aliphatic heterocycles. The number of rotatable bonds is 5. The fourth-order valence-electron chi connectivity index (χ4n) is 4.08. The highest BCUT2D eigenvalue weighted by Gasteiger charge is 2.23. The summed E-state index contributed by atoms with van der Waals surface area (Å²) in [6.45, 7) is 6.87. The molecule has 0 radical (unpaired) electrons. The van der Waals surface area contributed by atoms with Gasteiger partial charge in [0.1, 0.15) is 0 Å². The van der Waals surface area contributed by atoms with Crippen molar-refractivity contribution in [2.45, 2.75) is 44.6 Å². The van der Waals surface area contributed by atoms with Gasteiger partial charge in [0, 0.05) is 15.0 Å². The molecular weight excluding hydrogens is 552 g/mol. The van der Waals surface area contributed by atoms with E-state index in [-0.39, 0.29) is 10.9 Å². The lowest BCUT2D eigenvalue weighted by Gasteiger charge is -2.29. The second-order valence-electron chi connectivity index (χ2n) is 8.43. The van der Waals surface area contributed by atoms with Crippen LogP contribution in [0.15, 0.2) is 62.4 Å². The van der Waals surface area contributed by atoms with E-state index in [1.54, 1.807) is 12.1 Å². The van der Waals surface area contributed by atoms with Crippen LogP contribution in [0, 0.1) is 20.8 Å². The molecule has 32 heavy (non-hydrogen) atoms.